The van der Waals surface area contributed by atoms with Crippen LogP contribution in [0.5, 0.6) is 0 Å². The van der Waals surface area contributed by atoms with Gasteiger partial charge in [-0.1, -0.05) is 6.92 Å². The number of carbonyl (C=O) groups excluding carboxylic acids is 1. The first kappa shape index (κ1) is 15.5. The summed E-state index contributed by atoms with van der Waals surface area (Å²) in [6.45, 7) is 4.60. The van der Waals surface area contributed by atoms with Gasteiger partial charge in [-0.05, 0) is 47.5 Å². The van der Waals surface area contributed by atoms with E-state index in [1.54, 1.807) is 6.07 Å². The molecule has 1 amide bonds. The highest BCUT2D eigenvalue weighted by molar-refractivity contribution is 9.10. The Morgan fingerprint density at radius 3 is 2.84 bits per heavy atom. The number of amides is 1. The molecule has 0 aliphatic heterocycles. The Balaban J connectivity index is 2.39. The average Bonchev–Trinajstić information content (AvgIpc) is 2.38. The molecule has 0 bridgehead atoms. The van der Waals surface area contributed by atoms with Gasteiger partial charge in [-0.15, -0.1) is 0 Å². The smallest absolute Gasteiger partial charge is 0.221 e. The number of nitrogens with one attached hydrogen (secondary N) is 2. The fraction of sp³-hybridized carbons (Fsp3) is 0.429. The molecule has 0 radical (unpaired) electrons. The van der Waals surface area contributed by atoms with Gasteiger partial charge in [-0.25, -0.2) is 0 Å². The van der Waals surface area contributed by atoms with Crippen LogP contribution in [0, 0.1) is 11.3 Å². The molecule has 19 heavy (non-hydrogen) atoms. The standard InChI is InChI=1S/C14H18BrN3O/c1-3-10(2)18-14(19)6-7-17-12-5-4-11(9-16)13(15)8-12/h4-5,8,10,17H,3,6-7H2,1-2H3,(H,18,19). The minimum Gasteiger partial charge on any atom is -0.384 e. The van der Waals surface area contributed by atoms with Gasteiger partial charge in [0.1, 0.15) is 6.07 Å². The van der Waals surface area contributed by atoms with Crippen molar-refractivity contribution in [2.45, 2.75) is 32.7 Å². The summed E-state index contributed by atoms with van der Waals surface area (Å²) >= 11 is 3.33. The zero-order valence-corrected chi connectivity index (χ0v) is 12.8. The zero-order valence-electron chi connectivity index (χ0n) is 11.2. The van der Waals surface area contributed by atoms with E-state index < -0.39 is 0 Å². The monoisotopic (exact) mass is 323 g/mol. The molecular weight excluding hydrogens is 306 g/mol. The molecule has 102 valence electrons. The number of carbonyl (C=O) groups is 1. The SMILES string of the molecule is CCC(C)NC(=O)CCNc1ccc(C#N)c(Br)c1. The van der Waals surface area contributed by atoms with E-state index in [9.17, 15) is 4.79 Å². The number of nitrogens with zero attached hydrogens (tertiary/aromatic N) is 1. The topological polar surface area (TPSA) is 64.9 Å². The van der Waals surface area contributed by atoms with Crippen LogP contribution < -0.4 is 10.6 Å². The number of benzene rings is 1. The Kier molecular flexibility index (Phi) is 6.37. The lowest BCUT2D eigenvalue weighted by atomic mass is 10.2. The highest BCUT2D eigenvalue weighted by Crippen LogP contribution is 2.20. The zero-order chi connectivity index (χ0) is 14.3. The molecule has 0 aliphatic rings. The summed E-state index contributed by atoms with van der Waals surface area (Å²) in [5.41, 5.74) is 1.49. The highest BCUT2D eigenvalue weighted by Gasteiger charge is 2.05. The third-order valence-corrected chi connectivity index (χ3v) is 3.45. The maximum atomic E-state index is 11.6. The fourth-order valence-corrected chi connectivity index (χ4v) is 1.95. The van der Waals surface area contributed by atoms with Gasteiger partial charge in [0.2, 0.25) is 5.91 Å². The number of nitriles is 1. The Morgan fingerprint density at radius 1 is 1.53 bits per heavy atom. The van der Waals surface area contributed by atoms with Crippen molar-refractivity contribution in [1.29, 1.82) is 5.26 Å². The van der Waals surface area contributed by atoms with Crippen molar-refractivity contribution in [2.75, 3.05) is 11.9 Å². The molecule has 1 rings (SSSR count). The lowest BCUT2D eigenvalue weighted by Crippen LogP contribution is -2.32. The van der Waals surface area contributed by atoms with E-state index in [2.05, 4.69) is 32.6 Å². The van der Waals surface area contributed by atoms with Crippen LogP contribution in [0.1, 0.15) is 32.3 Å². The second-order valence-corrected chi connectivity index (χ2v) is 5.21. The molecule has 0 saturated carbocycles. The lowest BCUT2D eigenvalue weighted by molar-refractivity contribution is -0.121. The van der Waals surface area contributed by atoms with Gasteiger partial charge >= 0.3 is 0 Å². The van der Waals surface area contributed by atoms with Crippen molar-refractivity contribution in [3.63, 3.8) is 0 Å². The van der Waals surface area contributed by atoms with Crippen LogP contribution in [-0.2, 0) is 4.79 Å². The summed E-state index contributed by atoms with van der Waals surface area (Å²) < 4.78 is 0.754. The van der Waals surface area contributed by atoms with Crippen LogP contribution in [0.25, 0.3) is 0 Å². The van der Waals surface area contributed by atoms with Gasteiger partial charge in [0.15, 0.2) is 0 Å². The Hall–Kier alpha value is -1.54. The predicted molar refractivity (Wildman–Crippen MR) is 79.9 cm³/mol. The highest BCUT2D eigenvalue weighted by atomic mass is 79.9. The van der Waals surface area contributed by atoms with Crippen LogP contribution in [0.3, 0.4) is 0 Å². The van der Waals surface area contributed by atoms with E-state index in [0.29, 0.717) is 18.5 Å². The first-order valence-electron chi connectivity index (χ1n) is 6.29. The quantitative estimate of drug-likeness (QED) is 0.845. The number of halogens is 1. The summed E-state index contributed by atoms with van der Waals surface area (Å²) in [6, 6.07) is 7.71. The van der Waals surface area contributed by atoms with Crippen molar-refractivity contribution in [2.24, 2.45) is 0 Å². The van der Waals surface area contributed by atoms with E-state index in [-0.39, 0.29) is 11.9 Å². The van der Waals surface area contributed by atoms with E-state index in [4.69, 9.17) is 5.26 Å². The van der Waals surface area contributed by atoms with Crippen LogP contribution in [0.4, 0.5) is 5.69 Å². The van der Waals surface area contributed by atoms with Gasteiger partial charge in [0, 0.05) is 29.2 Å². The van der Waals surface area contributed by atoms with Gasteiger partial charge in [-0.2, -0.15) is 5.26 Å². The van der Waals surface area contributed by atoms with E-state index in [0.717, 1.165) is 16.6 Å². The lowest BCUT2D eigenvalue weighted by Gasteiger charge is -2.12. The Labute approximate surface area is 122 Å². The molecular formula is C14H18BrN3O. The summed E-state index contributed by atoms with van der Waals surface area (Å²) in [7, 11) is 0. The molecule has 0 spiro atoms. The molecule has 0 aromatic heterocycles. The second kappa shape index (κ2) is 7.80. The van der Waals surface area contributed by atoms with Gasteiger partial charge < -0.3 is 10.6 Å². The fourth-order valence-electron chi connectivity index (χ4n) is 1.49. The average molecular weight is 324 g/mol. The Bertz CT molecular complexity index is 482. The van der Waals surface area contributed by atoms with Crippen molar-refractivity contribution in [3.05, 3.63) is 28.2 Å². The predicted octanol–water partition coefficient (Wildman–Crippen LogP) is 3.04. The number of hydrogen-bond acceptors (Lipinski definition) is 3. The Morgan fingerprint density at radius 2 is 2.26 bits per heavy atom. The molecule has 1 unspecified atom stereocenters. The number of hydrogen-bond donors (Lipinski definition) is 2. The molecule has 1 atom stereocenters. The summed E-state index contributed by atoms with van der Waals surface area (Å²) in [6.07, 6.45) is 1.36. The van der Waals surface area contributed by atoms with Crippen LogP contribution in [-0.4, -0.2) is 18.5 Å². The molecule has 5 heteroatoms. The molecule has 0 fully saturated rings. The minimum absolute atomic E-state index is 0.0505. The van der Waals surface area contributed by atoms with Crippen molar-refractivity contribution in [3.8, 4) is 6.07 Å². The van der Waals surface area contributed by atoms with Crippen molar-refractivity contribution in [1.82, 2.24) is 5.32 Å². The minimum atomic E-state index is 0.0505. The van der Waals surface area contributed by atoms with Crippen LogP contribution >= 0.6 is 15.9 Å². The molecule has 4 nitrogen and oxygen atoms in total. The van der Waals surface area contributed by atoms with Crippen LogP contribution in [0.2, 0.25) is 0 Å². The molecule has 0 saturated heterocycles. The first-order valence-corrected chi connectivity index (χ1v) is 7.09. The number of anilines is 1. The van der Waals surface area contributed by atoms with E-state index in [1.807, 2.05) is 26.0 Å². The van der Waals surface area contributed by atoms with Crippen LogP contribution in [0.15, 0.2) is 22.7 Å². The first-order chi connectivity index (χ1) is 9.06. The normalized spacial score (nSPS) is 11.5. The maximum absolute atomic E-state index is 11.6. The number of rotatable bonds is 6. The third-order valence-electron chi connectivity index (χ3n) is 2.79. The molecule has 2 N–H and O–H groups in total. The van der Waals surface area contributed by atoms with Gasteiger partial charge in [0.25, 0.3) is 0 Å². The summed E-state index contributed by atoms with van der Waals surface area (Å²) in [5.74, 6) is 0.0505. The van der Waals surface area contributed by atoms with Gasteiger partial charge in [-0.3, -0.25) is 4.79 Å². The molecule has 1 aromatic rings. The second-order valence-electron chi connectivity index (χ2n) is 4.36. The summed E-state index contributed by atoms with van der Waals surface area (Å²) in [5, 5.41) is 14.9. The largest absolute Gasteiger partial charge is 0.384 e. The van der Waals surface area contributed by atoms with Crippen molar-refractivity contribution >= 4 is 27.5 Å². The van der Waals surface area contributed by atoms with E-state index in [1.165, 1.54) is 0 Å². The molecule has 0 heterocycles. The van der Waals surface area contributed by atoms with Gasteiger partial charge in [0.05, 0.1) is 5.56 Å². The maximum Gasteiger partial charge on any atom is 0.221 e. The molecule has 1 aromatic carbocycles. The third kappa shape index (κ3) is 5.31. The summed E-state index contributed by atoms with van der Waals surface area (Å²) in [4.78, 5) is 11.6. The molecule has 0 aliphatic carbocycles. The van der Waals surface area contributed by atoms with E-state index >= 15 is 0 Å². The van der Waals surface area contributed by atoms with Crippen molar-refractivity contribution < 1.29 is 4.79 Å².